The highest BCUT2D eigenvalue weighted by molar-refractivity contribution is 5.67. The van der Waals surface area contributed by atoms with E-state index >= 15 is 0 Å². The molecule has 0 aromatic heterocycles. The standard InChI is InChI=1S/C10H12O5/c11-7-4-2-1-3-6(7)10(15)8(12)5-9(13)14/h1-4,8,10-12,15H,5H2,(H,13,14). The maximum Gasteiger partial charge on any atom is 0.306 e. The van der Waals surface area contributed by atoms with E-state index in [0.717, 1.165) is 0 Å². The van der Waals surface area contributed by atoms with Crippen LogP contribution in [-0.4, -0.2) is 32.5 Å². The maximum atomic E-state index is 10.3. The first-order valence-corrected chi connectivity index (χ1v) is 4.38. The van der Waals surface area contributed by atoms with Gasteiger partial charge < -0.3 is 20.4 Å². The number of hydrogen-bond acceptors (Lipinski definition) is 4. The van der Waals surface area contributed by atoms with Crippen molar-refractivity contribution in [2.24, 2.45) is 0 Å². The molecule has 4 N–H and O–H groups in total. The van der Waals surface area contributed by atoms with Crippen LogP contribution in [0.15, 0.2) is 24.3 Å². The molecule has 2 atom stereocenters. The van der Waals surface area contributed by atoms with E-state index < -0.39 is 24.6 Å². The van der Waals surface area contributed by atoms with Crippen LogP contribution in [0.5, 0.6) is 5.75 Å². The van der Waals surface area contributed by atoms with Gasteiger partial charge in [0.15, 0.2) is 0 Å². The lowest BCUT2D eigenvalue weighted by Crippen LogP contribution is -2.21. The Morgan fingerprint density at radius 1 is 1.27 bits per heavy atom. The first kappa shape index (κ1) is 11.5. The second-order valence-corrected chi connectivity index (χ2v) is 3.17. The quantitative estimate of drug-likeness (QED) is 0.574. The van der Waals surface area contributed by atoms with Crippen LogP contribution in [0.1, 0.15) is 18.1 Å². The molecular formula is C10H12O5. The molecule has 0 amide bonds. The highest BCUT2D eigenvalue weighted by Gasteiger charge is 2.23. The maximum absolute atomic E-state index is 10.3. The molecule has 2 unspecified atom stereocenters. The highest BCUT2D eigenvalue weighted by Crippen LogP contribution is 2.26. The van der Waals surface area contributed by atoms with Gasteiger partial charge >= 0.3 is 5.97 Å². The number of aliphatic hydroxyl groups excluding tert-OH is 2. The van der Waals surface area contributed by atoms with Crippen LogP contribution in [0.2, 0.25) is 0 Å². The molecule has 0 saturated heterocycles. The fraction of sp³-hybridized carbons (Fsp3) is 0.300. The second-order valence-electron chi connectivity index (χ2n) is 3.17. The number of carbonyl (C=O) groups is 1. The fourth-order valence-corrected chi connectivity index (χ4v) is 1.24. The van der Waals surface area contributed by atoms with Crippen molar-refractivity contribution in [2.75, 3.05) is 0 Å². The van der Waals surface area contributed by atoms with Crippen LogP contribution in [0, 0.1) is 0 Å². The molecule has 0 spiro atoms. The zero-order valence-electron chi connectivity index (χ0n) is 7.87. The van der Waals surface area contributed by atoms with Gasteiger partial charge in [-0.15, -0.1) is 0 Å². The lowest BCUT2D eigenvalue weighted by atomic mass is 10.0. The molecule has 0 aliphatic heterocycles. The van der Waals surface area contributed by atoms with Gasteiger partial charge in [-0.05, 0) is 6.07 Å². The molecule has 82 valence electrons. The molecule has 0 heterocycles. The predicted molar refractivity (Wildman–Crippen MR) is 51.3 cm³/mol. The Kier molecular flexibility index (Phi) is 3.65. The number of rotatable bonds is 4. The second kappa shape index (κ2) is 4.77. The van der Waals surface area contributed by atoms with E-state index in [2.05, 4.69) is 0 Å². The van der Waals surface area contributed by atoms with Gasteiger partial charge in [-0.25, -0.2) is 0 Å². The third-order valence-corrected chi connectivity index (χ3v) is 2.00. The zero-order chi connectivity index (χ0) is 11.4. The molecule has 0 saturated carbocycles. The monoisotopic (exact) mass is 212 g/mol. The van der Waals surface area contributed by atoms with Crippen LogP contribution in [0.4, 0.5) is 0 Å². The number of aliphatic carboxylic acids is 1. The van der Waals surface area contributed by atoms with Gasteiger partial charge in [0, 0.05) is 5.56 Å². The number of aromatic hydroxyl groups is 1. The van der Waals surface area contributed by atoms with Gasteiger partial charge in [0.2, 0.25) is 0 Å². The van der Waals surface area contributed by atoms with Gasteiger partial charge in [-0.1, -0.05) is 18.2 Å². The number of para-hydroxylation sites is 1. The molecule has 0 aliphatic carbocycles. The molecule has 0 bridgehead atoms. The van der Waals surface area contributed by atoms with Crippen molar-refractivity contribution in [3.63, 3.8) is 0 Å². The minimum absolute atomic E-state index is 0.117. The van der Waals surface area contributed by atoms with Gasteiger partial charge in [-0.3, -0.25) is 4.79 Å². The van der Waals surface area contributed by atoms with Crippen LogP contribution in [-0.2, 0) is 4.79 Å². The summed E-state index contributed by atoms with van der Waals surface area (Å²) in [5.41, 5.74) is 0.117. The summed E-state index contributed by atoms with van der Waals surface area (Å²) < 4.78 is 0. The molecular weight excluding hydrogens is 200 g/mol. The van der Waals surface area contributed by atoms with Crippen molar-refractivity contribution < 1.29 is 25.2 Å². The number of carboxylic acid groups (broad SMARTS) is 1. The van der Waals surface area contributed by atoms with Crippen molar-refractivity contribution in [1.82, 2.24) is 0 Å². The Morgan fingerprint density at radius 2 is 1.87 bits per heavy atom. The van der Waals surface area contributed by atoms with Crippen molar-refractivity contribution in [1.29, 1.82) is 0 Å². The van der Waals surface area contributed by atoms with Crippen molar-refractivity contribution in [3.8, 4) is 5.75 Å². The van der Waals surface area contributed by atoms with E-state index in [1.54, 1.807) is 12.1 Å². The minimum Gasteiger partial charge on any atom is -0.508 e. The zero-order valence-corrected chi connectivity index (χ0v) is 7.87. The van der Waals surface area contributed by atoms with Crippen molar-refractivity contribution >= 4 is 5.97 Å². The molecule has 1 aromatic rings. The third kappa shape index (κ3) is 2.93. The Hall–Kier alpha value is -1.59. The van der Waals surface area contributed by atoms with Crippen LogP contribution >= 0.6 is 0 Å². The molecule has 5 heteroatoms. The SMILES string of the molecule is O=C(O)CC(O)C(O)c1ccccc1O. The first-order chi connectivity index (χ1) is 7.02. The Bertz CT molecular complexity index is 349. The first-order valence-electron chi connectivity index (χ1n) is 4.38. The summed E-state index contributed by atoms with van der Waals surface area (Å²) in [7, 11) is 0. The summed E-state index contributed by atoms with van der Waals surface area (Å²) >= 11 is 0. The number of hydrogen-bond donors (Lipinski definition) is 4. The molecule has 15 heavy (non-hydrogen) atoms. The third-order valence-electron chi connectivity index (χ3n) is 2.00. The van der Waals surface area contributed by atoms with Crippen molar-refractivity contribution in [3.05, 3.63) is 29.8 Å². The van der Waals surface area contributed by atoms with Crippen molar-refractivity contribution in [2.45, 2.75) is 18.6 Å². The summed E-state index contributed by atoms with van der Waals surface area (Å²) in [4.78, 5) is 10.3. The topological polar surface area (TPSA) is 98.0 Å². The van der Waals surface area contributed by atoms with Crippen LogP contribution < -0.4 is 0 Å². The molecule has 0 radical (unpaired) electrons. The summed E-state index contributed by atoms with van der Waals surface area (Å²) in [6, 6.07) is 5.91. The molecule has 1 rings (SSSR count). The predicted octanol–water partition coefficient (Wildman–Crippen LogP) is 0.261. The van der Waals surface area contributed by atoms with Gasteiger partial charge in [0.05, 0.1) is 12.5 Å². The average Bonchev–Trinajstić information content (AvgIpc) is 2.16. The number of phenols is 1. The van der Waals surface area contributed by atoms with Gasteiger partial charge in [0.1, 0.15) is 11.9 Å². The minimum atomic E-state index is -1.43. The number of aliphatic hydroxyl groups is 2. The van der Waals surface area contributed by atoms with E-state index in [-0.39, 0.29) is 11.3 Å². The highest BCUT2D eigenvalue weighted by atomic mass is 16.4. The normalized spacial score (nSPS) is 14.5. The lowest BCUT2D eigenvalue weighted by molar-refractivity contribution is -0.141. The van der Waals surface area contributed by atoms with Crippen LogP contribution in [0.25, 0.3) is 0 Å². The Balaban J connectivity index is 2.80. The fourth-order valence-electron chi connectivity index (χ4n) is 1.24. The van der Waals surface area contributed by atoms with E-state index in [0.29, 0.717) is 0 Å². The molecule has 5 nitrogen and oxygen atoms in total. The van der Waals surface area contributed by atoms with E-state index in [4.69, 9.17) is 5.11 Å². The lowest BCUT2D eigenvalue weighted by Gasteiger charge is -2.17. The summed E-state index contributed by atoms with van der Waals surface area (Å²) in [6.07, 6.45) is -3.41. The smallest absolute Gasteiger partial charge is 0.306 e. The molecule has 0 fully saturated rings. The molecule has 1 aromatic carbocycles. The number of carboxylic acids is 1. The number of phenolic OH excluding ortho intramolecular Hbond substituents is 1. The van der Waals surface area contributed by atoms with Crippen LogP contribution in [0.3, 0.4) is 0 Å². The van der Waals surface area contributed by atoms with Gasteiger partial charge in [-0.2, -0.15) is 0 Å². The Morgan fingerprint density at radius 3 is 2.40 bits per heavy atom. The largest absolute Gasteiger partial charge is 0.508 e. The summed E-state index contributed by atoms with van der Waals surface area (Å²) in [6.45, 7) is 0. The summed E-state index contributed by atoms with van der Waals surface area (Å²) in [5.74, 6) is -1.38. The molecule has 0 aliphatic rings. The van der Waals surface area contributed by atoms with Gasteiger partial charge in [0.25, 0.3) is 0 Å². The average molecular weight is 212 g/mol. The number of benzene rings is 1. The summed E-state index contributed by atoms with van der Waals surface area (Å²) in [5, 5.41) is 36.6. The van der Waals surface area contributed by atoms with E-state index in [1.165, 1.54) is 12.1 Å². The Labute approximate surface area is 86.2 Å². The van der Waals surface area contributed by atoms with E-state index in [1.807, 2.05) is 0 Å². The van der Waals surface area contributed by atoms with E-state index in [9.17, 15) is 20.1 Å².